The van der Waals surface area contributed by atoms with Gasteiger partial charge in [-0.15, -0.1) is 0 Å². The molecule has 0 fully saturated rings. The molecule has 2 N–H and O–H groups in total. The van der Waals surface area contributed by atoms with Crippen molar-refractivity contribution >= 4 is 11.6 Å². The average molecular weight is 192 g/mol. The average Bonchev–Trinajstić information content (AvgIpc) is 2.44. The van der Waals surface area contributed by atoms with E-state index in [9.17, 15) is 4.79 Å². The van der Waals surface area contributed by atoms with Crippen molar-refractivity contribution in [2.24, 2.45) is 5.73 Å². The van der Waals surface area contributed by atoms with Gasteiger partial charge in [-0.3, -0.25) is 4.79 Å². The number of ether oxygens (including phenoxy) is 1. The molecule has 0 spiro atoms. The van der Waals surface area contributed by atoms with Gasteiger partial charge in [0.25, 0.3) is 0 Å². The molecule has 74 valence electrons. The highest BCUT2D eigenvalue weighted by molar-refractivity contribution is 6.05. The number of hydrogen-bond donors (Lipinski definition) is 1. The maximum atomic E-state index is 11.6. The summed E-state index contributed by atoms with van der Waals surface area (Å²) >= 11 is 0. The van der Waals surface area contributed by atoms with E-state index in [0.717, 1.165) is 11.3 Å². The number of rotatable bonds is 1. The number of fused-ring (bicyclic) bond motifs is 1. The second-order valence-corrected chi connectivity index (χ2v) is 3.27. The molecule has 1 unspecified atom stereocenters. The summed E-state index contributed by atoms with van der Waals surface area (Å²) in [5.41, 5.74) is 7.37. The second kappa shape index (κ2) is 2.99. The van der Waals surface area contributed by atoms with Crippen molar-refractivity contribution < 1.29 is 9.53 Å². The topological polar surface area (TPSA) is 55.6 Å². The van der Waals surface area contributed by atoms with Crippen LogP contribution in [-0.2, 0) is 4.79 Å². The number of methoxy groups -OCH3 is 1. The zero-order valence-electron chi connectivity index (χ0n) is 8.15. The quantitative estimate of drug-likeness (QED) is 0.711. The fourth-order valence-electron chi connectivity index (χ4n) is 1.77. The number of nitrogens with zero attached hydrogens (tertiary/aromatic N) is 1. The first-order valence-electron chi connectivity index (χ1n) is 4.37. The summed E-state index contributed by atoms with van der Waals surface area (Å²) in [6, 6.07) is 4.96. The first kappa shape index (κ1) is 9.02. The molecule has 4 nitrogen and oxygen atoms in total. The molecular formula is C10H12N2O2. The predicted molar refractivity (Wildman–Crippen MR) is 53.3 cm³/mol. The SMILES string of the molecule is COc1cccc2c1N(C)C(=O)C2N. The van der Waals surface area contributed by atoms with E-state index in [-0.39, 0.29) is 5.91 Å². The largest absolute Gasteiger partial charge is 0.495 e. The minimum Gasteiger partial charge on any atom is -0.495 e. The Morgan fingerprint density at radius 1 is 1.50 bits per heavy atom. The molecule has 1 heterocycles. The van der Waals surface area contributed by atoms with Crippen LogP contribution >= 0.6 is 0 Å². The first-order valence-corrected chi connectivity index (χ1v) is 4.37. The molecule has 0 aliphatic carbocycles. The number of para-hydroxylation sites is 1. The van der Waals surface area contributed by atoms with Gasteiger partial charge < -0.3 is 15.4 Å². The molecule has 0 bridgehead atoms. The van der Waals surface area contributed by atoms with Crippen LogP contribution in [0.1, 0.15) is 11.6 Å². The molecule has 0 radical (unpaired) electrons. The standard InChI is InChI=1S/C10H12N2O2/c1-12-9-6(8(11)10(12)13)4-3-5-7(9)14-2/h3-5,8H,11H2,1-2H3. The van der Waals surface area contributed by atoms with Crippen LogP contribution in [0.4, 0.5) is 5.69 Å². The van der Waals surface area contributed by atoms with Gasteiger partial charge in [-0.05, 0) is 6.07 Å². The molecule has 1 aromatic rings. The molecule has 4 heteroatoms. The van der Waals surface area contributed by atoms with E-state index in [4.69, 9.17) is 10.5 Å². The van der Waals surface area contributed by atoms with Crippen molar-refractivity contribution in [3.63, 3.8) is 0 Å². The number of benzene rings is 1. The number of nitrogens with two attached hydrogens (primary N) is 1. The number of likely N-dealkylation sites (N-methyl/N-ethyl adjacent to an activating group) is 1. The number of anilines is 1. The Labute approximate surface area is 82.3 Å². The third-order valence-corrected chi connectivity index (χ3v) is 2.52. The fourth-order valence-corrected chi connectivity index (χ4v) is 1.77. The summed E-state index contributed by atoms with van der Waals surface area (Å²) in [7, 11) is 3.29. The first-order chi connectivity index (χ1) is 6.66. The van der Waals surface area contributed by atoms with Gasteiger partial charge in [-0.2, -0.15) is 0 Å². The van der Waals surface area contributed by atoms with Crippen molar-refractivity contribution in [2.75, 3.05) is 19.1 Å². The van der Waals surface area contributed by atoms with Crippen LogP contribution in [0.3, 0.4) is 0 Å². The van der Waals surface area contributed by atoms with Crippen molar-refractivity contribution in [2.45, 2.75) is 6.04 Å². The predicted octanol–water partition coefficient (Wildman–Crippen LogP) is 0.671. The van der Waals surface area contributed by atoms with Crippen LogP contribution in [0, 0.1) is 0 Å². The van der Waals surface area contributed by atoms with Gasteiger partial charge in [0.05, 0.1) is 12.8 Å². The van der Waals surface area contributed by atoms with Gasteiger partial charge in [0.15, 0.2) is 0 Å². The normalized spacial score (nSPS) is 19.8. The van der Waals surface area contributed by atoms with Gasteiger partial charge in [0.2, 0.25) is 5.91 Å². The minimum absolute atomic E-state index is 0.0931. The van der Waals surface area contributed by atoms with Crippen molar-refractivity contribution in [3.05, 3.63) is 23.8 Å². The number of hydrogen-bond acceptors (Lipinski definition) is 3. The third kappa shape index (κ3) is 1.01. The Balaban J connectivity index is 2.62. The summed E-state index contributed by atoms with van der Waals surface area (Å²) in [5, 5.41) is 0. The van der Waals surface area contributed by atoms with Crippen LogP contribution in [0.2, 0.25) is 0 Å². The van der Waals surface area contributed by atoms with E-state index >= 15 is 0 Å². The summed E-state index contributed by atoms with van der Waals surface area (Å²) in [5.74, 6) is 0.593. The molecule has 0 aromatic heterocycles. The molecule has 1 amide bonds. The lowest BCUT2D eigenvalue weighted by molar-refractivity contribution is -0.118. The highest BCUT2D eigenvalue weighted by Crippen LogP contribution is 2.40. The molecule has 14 heavy (non-hydrogen) atoms. The lowest BCUT2D eigenvalue weighted by Crippen LogP contribution is -2.28. The zero-order chi connectivity index (χ0) is 10.3. The minimum atomic E-state index is -0.551. The van der Waals surface area contributed by atoms with Crippen LogP contribution in [0.25, 0.3) is 0 Å². The maximum Gasteiger partial charge on any atom is 0.248 e. The van der Waals surface area contributed by atoms with E-state index in [2.05, 4.69) is 0 Å². The molecule has 0 saturated carbocycles. The van der Waals surface area contributed by atoms with Crippen molar-refractivity contribution in [3.8, 4) is 5.75 Å². The lowest BCUT2D eigenvalue weighted by atomic mass is 10.1. The number of carbonyl (C=O) groups is 1. The van der Waals surface area contributed by atoms with Gasteiger partial charge in [-0.25, -0.2) is 0 Å². The van der Waals surface area contributed by atoms with Gasteiger partial charge >= 0.3 is 0 Å². The van der Waals surface area contributed by atoms with Crippen molar-refractivity contribution in [1.29, 1.82) is 0 Å². The Bertz CT molecular complexity index is 390. The number of amides is 1. The van der Waals surface area contributed by atoms with Crippen LogP contribution in [0.15, 0.2) is 18.2 Å². The fraction of sp³-hybridized carbons (Fsp3) is 0.300. The molecule has 1 atom stereocenters. The van der Waals surface area contributed by atoms with Crippen LogP contribution < -0.4 is 15.4 Å². The summed E-state index contributed by atoms with van der Waals surface area (Å²) < 4.78 is 5.17. The maximum absolute atomic E-state index is 11.6. The summed E-state index contributed by atoms with van der Waals surface area (Å²) in [6.07, 6.45) is 0. The van der Waals surface area contributed by atoms with E-state index in [0.29, 0.717) is 5.75 Å². The van der Waals surface area contributed by atoms with E-state index in [1.807, 2.05) is 18.2 Å². The number of carbonyl (C=O) groups excluding carboxylic acids is 1. The highest BCUT2D eigenvalue weighted by Gasteiger charge is 2.34. The van der Waals surface area contributed by atoms with Crippen LogP contribution in [0.5, 0.6) is 5.75 Å². The molecule has 1 aliphatic rings. The summed E-state index contributed by atoms with van der Waals surface area (Å²) in [4.78, 5) is 13.1. The Morgan fingerprint density at radius 3 is 2.86 bits per heavy atom. The summed E-state index contributed by atoms with van der Waals surface area (Å²) in [6.45, 7) is 0. The van der Waals surface area contributed by atoms with E-state index < -0.39 is 6.04 Å². The van der Waals surface area contributed by atoms with Gasteiger partial charge in [0, 0.05) is 12.6 Å². The molecule has 1 aliphatic heterocycles. The molecule has 0 saturated heterocycles. The Kier molecular flexibility index (Phi) is 1.93. The smallest absolute Gasteiger partial charge is 0.248 e. The van der Waals surface area contributed by atoms with Gasteiger partial charge in [-0.1, -0.05) is 12.1 Å². The second-order valence-electron chi connectivity index (χ2n) is 3.27. The molecule has 2 rings (SSSR count). The lowest BCUT2D eigenvalue weighted by Gasteiger charge is -2.13. The Morgan fingerprint density at radius 2 is 2.21 bits per heavy atom. The highest BCUT2D eigenvalue weighted by atomic mass is 16.5. The van der Waals surface area contributed by atoms with Crippen LogP contribution in [-0.4, -0.2) is 20.1 Å². The van der Waals surface area contributed by atoms with E-state index in [1.165, 1.54) is 0 Å². The van der Waals surface area contributed by atoms with Gasteiger partial charge in [0.1, 0.15) is 11.8 Å². The molecule has 1 aromatic carbocycles. The monoisotopic (exact) mass is 192 g/mol. The zero-order valence-corrected chi connectivity index (χ0v) is 8.15. The van der Waals surface area contributed by atoms with E-state index in [1.54, 1.807) is 19.1 Å². The van der Waals surface area contributed by atoms with Crippen molar-refractivity contribution in [1.82, 2.24) is 0 Å². The Hall–Kier alpha value is -1.55. The third-order valence-electron chi connectivity index (χ3n) is 2.52. The molecular weight excluding hydrogens is 180 g/mol.